The molecule has 0 aliphatic carbocycles. The van der Waals surface area contributed by atoms with E-state index in [1.54, 1.807) is 48.5 Å². The Morgan fingerprint density at radius 1 is 0.900 bits per heavy atom. The Labute approximate surface area is 249 Å². The van der Waals surface area contributed by atoms with Gasteiger partial charge in [0.25, 0.3) is 10.0 Å². The first-order chi connectivity index (χ1) is 19.0. The number of halogens is 2. The fourth-order valence-electron chi connectivity index (χ4n) is 4.80. The van der Waals surface area contributed by atoms with Gasteiger partial charge in [-0.1, -0.05) is 49.6 Å². The van der Waals surface area contributed by atoms with Gasteiger partial charge in [0.2, 0.25) is 5.91 Å². The predicted octanol–water partition coefficient (Wildman–Crippen LogP) is 6.84. The first kappa shape index (κ1) is 28.4. The molecule has 0 bridgehead atoms. The topological polar surface area (TPSA) is 91.6 Å². The van der Waals surface area contributed by atoms with Gasteiger partial charge in [-0.3, -0.25) is 9.10 Å². The van der Waals surface area contributed by atoms with Gasteiger partial charge < -0.3 is 15.0 Å². The molecule has 4 aromatic carbocycles. The Morgan fingerprint density at radius 2 is 1.45 bits per heavy atom. The van der Waals surface area contributed by atoms with Crippen molar-refractivity contribution in [3.63, 3.8) is 0 Å². The molecule has 40 heavy (non-hydrogen) atoms. The van der Waals surface area contributed by atoms with E-state index in [9.17, 15) is 18.3 Å². The van der Waals surface area contributed by atoms with Crippen LogP contribution < -0.4 is 9.62 Å². The lowest BCUT2D eigenvalue weighted by Gasteiger charge is -2.27. The summed E-state index contributed by atoms with van der Waals surface area (Å²) < 4.78 is 32.9. The number of fused-ring (bicyclic) bond motifs is 3. The van der Waals surface area contributed by atoms with Crippen LogP contribution in [0.5, 0.6) is 0 Å². The monoisotopic (exact) mass is 683 g/mol. The Bertz CT molecular complexity index is 1760. The fraction of sp³-hybridized carbons (Fsp3) is 0.167. The smallest absolute Gasteiger partial charge is 0.264 e. The number of amides is 1. The van der Waals surface area contributed by atoms with E-state index in [1.807, 2.05) is 47.9 Å². The average molecular weight is 685 g/mol. The second-order valence-corrected chi connectivity index (χ2v) is 13.4. The molecule has 0 aliphatic rings. The van der Waals surface area contributed by atoms with Crippen LogP contribution in [0.3, 0.4) is 0 Å². The molecule has 5 aromatic rings. The summed E-state index contributed by atoms with van der Waals surface area (Å²) >= 11 is 7.11. The third-order valence-electron chi connectivity index (χ3n) is 6.64. The van der Waals surface area contributed by atoms with Gasteiger partial charge >= 0.3 is 0 Å². The number of carbonyl (C=O) groups excluding carboxylic acids is 1. The Morgan fingerprint density at radius 3 is 1.98 bits per heavy atom. The highest BCUT2D eigenvalue weighted by molar-refractivity contribution is 9.10. The van der Waals surface area contributed by atoms with Crippen LogP contribution in [0.15, 0.2) is 98.8 Å². The van der Waals surface area contributed by atoms with Gasteiger partial charge in [-0.05, 0) is 79.7 Å². The summed E-state index contributed by atoms with van der Waals surface area (Å²) in [6.45, 7) is 3.29. The minimum Gasteiger partial charge on any atom is -0.389 e. The predicted molar refractivity (Wildman–Crippen MR) is 167 cm³/mol. The molecular weight excluding hydrogens is 658 g/mol. The lowest BCUT2D eigenvalue weighted by Crippen LogP contribution is -2.39. The quantitative estimate of drug-likeness (QED) is 0.187. The molecule has 1 unspecified atom stereocenters. The molecule has 0 spiro atoms. The van der Waals surface area contributed by atoms with E-state index in [0.29, 0.717) is 11.4 Å². The van der Waals surface area contributed by atoms with E-state index < -0.39 is 16.1 Å². The number of aryl methyl sites for hydroxylation is 1. The van der Waals surface area contributed by atoms with Crippen molar-refractivity contribution < 1.29 is 18.3 Å². The summed E-state index contributed by atoms with van der Waals surface area (Å²) in [4.78, 5) is 11.6. The van der Waals surface area contributed by atoms with E-state index in [-0.39, 0.29) is 23.9 Å². The number of anilines is 2. The number of sulfonamides is 1. The zero-order valence-electron chi connectivity index (χ0n) is 21.8. The van der Waals surface area contributed by atoms with Crippen LogP contribution >= 0.6 is 31.9 Å². The molecule has 0 saturated heterocycles. The molecule has 1 amide bonds. The van der Waals surface area contributed by atoms with Gasteiger partial charge in [0.05, 0.1) is 29.8 Å². The van der Waals surface area contributed by atoms with Crippen LogP contribution in [-0.2, 0) is 21.4 Å². The summed E-state index contributed by atoms with van der Waals surface area (Å²) in [6, 6.07) is 25.1. The van der Waals surface area contributed by atoms with Crippen LogP contribution in [0, 0.1) is 6.92 Å². The van der Waals surface area contributed by atoms with E-state index in [2.05, 4.69) is 37.2 Å². The van der Waals surface area contributed by atoms with Crippen molar-refractivity contribution >= 4 is 81.0 Å². The molecule has 206 valence electrons. The number of nitrogens with zero attached hydrogens (tertiary/aromatic N) is 2. The lowest BCUT2D eigenvalue weighted by molar-refractivity contribution is -0.114. The maximum atomic E-state index is 13.9. The van der Waals surface area contributed by atoms with Crippen LogP contribution in [-0.4, -0.2) is 36.6 Å². The summed E-state index contributed by atoms with van der Waals surface area (Å²) in [6.07, 6.45) is -1.04. The molecular formula is C30H27Br2N3O4S. The average Bonchev–Trinajstić information content (AvgIpc) is 3.19. The van der Waals surface area contributed by atoms with Crippen molar-refractivity contribution in [2.24, 2.45) is 0 Å². The second kappa shape index (κ2) is 11.4. The van der Waals surface area contributed by atoms with Gasteiger partial charge in [0.15, 0.2) is 0 Å². The summed E-state index contributed by atoms with van der Waals surface area (Å²) in [5.74, 6) is -0.224. The van der Waals surface area contributed by atoms with Crippen molar-refractivity contribution in [3.8, 4) is 0 Å². The summed E-state index contributed by atoms with van der Waals surface area (Å²) in [7, 11) is -4.01. The van der Waals surface area contributed by atoms with Crippen molar-refractivity contribution in [1.82, 2.24) is 4.57 Å². The van der Waals surface area contributed by atoms with E-state index in [4.69, 9.17) is 0 Å². The number of hydrogen-bond donors (Lipinski definition) is 2. The van der Waals surface area contributed by atoms with Gasteiger partial charge in [-0.2, -0.15) is 0 Å². The van der Waals surface area contributed by atoms with Gasteiger partial charge in [0.1, 0.15) is 0 Å². The Kier molecular flexibility index (Phi) is 8.05. The van der Waals surface area contributed by atoms with Crippen molar-refractivity contribution in [1.29, 1.82) is 0 Å². The maximum absolute atomic E-state index is 13.9. The van der Waals surface area contributed by atoms with Gasteiger partial charge in [-0.25, -0.2) is 8.42 Å². The van der Waals surface area contributed by atoms with Crippen LogP contribution in [0.25, 0.3) is 21.8 Å². The summed E-state index contributed by atoms with van der Waals surface area (Å²) in [5, 5.41) is 16.1. The molecule has 0 aliphatic heterocycles. The third kappa shape index (κ3) is 5.81. The SMILES string of the molecule is CC(=O)Nc1ccc(N(CC(O)Cn2c3ccc(Br)cc3c3cc(Br)ccc32)S(=O)(=O)c2ccc(C)cc2)cc1. The van der Waals surface area contributed by atoms with E-state index in [1.165, 1.54) is 11.2 Å². The number of carbonyl (C=O) groups is 1. The van der Waals surface area contributed by atoms with Gasteiger partial charge in [0, 0.05) is 43.4 Å². The molecule has 1 aromatic heterocycles. The summed E-state index contributed by atoms with van der Waals surface area (Å²) in [5.41, 5.74) is 3.73. The minimum atomic E-state index is -4.01. The van der Waals surface area contributed by atoms with Crippen LogP contribution in [0.4, 0.5) is 11.4 Å². The minimum absolute atomic E-state index is 0.128. The number of hydrogen-bond acceptors (Lipinski definition) is 4. The van der Waals surface area contributed by atoms with Crippen molar-refractivity contribution in [2.75, 3.05) is 16.2 Å². The first-order valence-electron chi connectivity index (χ1n) is 12.5. The Hall–Kier alpha value is -3.18. The van der Waals surface area contributed by atoms with Gasteiger partial charge in [-0.15, -0.1) is 0 Å². The largest absolute Gasteiger partial charge is 0.389 e. The molecule has 0 saturated carbocycles. The third-order valence-corrected chi connectivity index (χ3v) is 9.44. The molecule has 2 N–H and O–H groups in total. The highest BCUT2D eigenvalue weighted by Gasteiger charge is 2.28. The standard InChI is InChI=1S/C30H27Br2N3O4S/c1-19-3-11-26(12-4-19)40(38,39)35(24-9-7-23(8-10-24)33-20(2)36)18-25(37)17-34-29-13-5-21(31)15-27(29)28-16-22(32)6-14-30(28)34/h3-16,25,37H,17-18H2,1-2H3,(H,33,36). The molecule has 0 radical (unpaired) electrons. The fourth-order valence-corrected chi connectivity index (χ4v) is 7.02. The molecule has 7 nitrogen and oxygen atoms in total. The zero-order valence-corrected chi connectivity index (χ0v) is 25.8. The normalized spacial score (nSPS) is 12.5. The zero-order chi connectivity index (χ0) is 28.6. The number of rotatable bonds is 8. The number of nitrogens with one attached hydrogen (secondary N) is 1. The number of aliphatic hydroxyl groups is 1. The number of aromatic nitrogens is 1. The van der Waals surface area contributed by atoms with E-state index >= 15 is 0 Å². The molecule has 10 heteroatoms. The first-order valence-corrected chi connectivity index (χ1v) is 15.6. The van der Waals surface area contributed by atoms with Crippen molar-refractivity contribution in [2.45, 2.75) is 31.4 Å². The molecule has 0 fully saturated rings. The highest BCUT2D eigenvalue weighted by Crippen LogP contribution is 2.34. The number of aliphatic hydroxyl groups excluding tert-OH is 1. The number of benzene rings is 4. The molecule has 1 heterocycles. The highest BCUT2D eigenvalue weighted by atomic mass is 79.9. The second-order valence-electron chi connectivity index (χ2n) is 9.66. The lowest BCUT2D eigenvalue weighted by atomic mass is 10.2. The molecule has 5 rings (SSSR count). The van der Waals surface area contributed by atoms with E-state index in [0.717, 1.165) is 36.3 Å². The molecule has 1 atom stereocenters. The maximum Gasteiger partial charge on any atom is 0.264 e. The van der Waals surface area contributed by atoms with Crippen molar-refractivity contribution in [3.05, 3.63) is 99.4 Å². The Balaban J connectivity index is 1.53. The van der Waals surface area contributed by atoms with Crippen LogP contribution in [0.1, 0.15) is 12.5 Å². The van der Waals surface area contributed by atoms with Crippen LogP contribution in [0.2, 0.25) is 0 Å².